The normalized spacial score (nSPS) is 16.8. The van der Waals surface area contributed by atoms with Gasteiger partial charge in [0.25, 0.3) is 5.56 Å². The van der Waals surface area contributed by atoms with E-state index >= 15 is 0 Å². The smallest absolute Gasteiger partial charge is 0.258 e. The first-order chi connectivity index (χ1) is 14.0. The van der Waals surface area contributed by atoms with Crippen molar-refractivity contribution in [2.24, 2.45) is 0 Å². The van der Waals surface area contributed by atoms with E-state index in [2.05, 4.69) is 26.7 Å². The average Bonchev–Trinajstić information content (AvgIpc) is 2.74. The Morgan fingerprint density at radius 3 is 2.66 bits per heavy atom. The number of halogens is 1. The van der Waals surface area contributed by atoms with Crippen molar-refractivity contribution in [3.05, 3.63) is 70.0 Å². The molecule has 7 heteroatoms. The lowest BCUT2D eigenvalue weighted by atomic mass is 10.1. The Balaban J connectivity index is 1.40. The van der Waals surface area contributed by atoms with Gasteiger partial charge in [-0.2, -0.15) is 0 Å². The van der Waals surface area contributed by atoms with Gasteiger partial charge in [0.05, 0.1) is 24.1 Å². The maximum Gasteiger partial charge on any atom is 0.258 e. The molecule has 1 saturated heterocycles. The summed E-state index contributed by atoms with van der Waals surface area (Å²) in [7, 11) is 1.47. The van der Waals surface area contributed by atoms with E-state index in [1.807, 2.05) is 24.3 Å². The lowest BCUT2D eigenvalue weighted by molar-refractivity contribution is 0.0947. The van der Waals surface area contributed by atoms with Crippen LogP contribution in [0.15, 0.2) is 47.3 Å². The van der Waals surface area contributed by atoms with Gasteiger partial charge < -0.3 is 9.72 Å². The molecule has 0 spiro atoms. The van der Waals surface area contributed by atoms with Gasteiger partial charge in [0.15, 0.2) is 11.6 Å². The van der Waals surface area contributed by atoms with E-state index < -0.39 is 0 Å². The van der Waals surface area contributed by atoms with Gasteiger partial charge in [0.2, 0.25) is 0 Å². The van der Waals surface area contributed by atoms with E-state index in [0.717, 1.165) is 37.3 Å². The van der Waals surface area contributed by atoms with Crippen molar-refractivity contribution >= 4 is 10.9 Å². The number of fused-ring (bicyclic) bond motifs is 1. The van der Waals surface area contributed by atoms with E-state index in [4.69, 9.17) is 4.74 Å². The van der Waals surface area contributed by atoms with Crippen LogP contribution >= 0.6 is 0 Å². The Labute approximate surface area is 168 Å². The predicted octanol–water partition coefficient (Wildman–Crippen LogP) is 2.95. The minimum Gasteiger partial charge on any atom is -0.494 e. The van der Waals surface area contributed by atoms with Crippen LogP contribution < -0.4 is 10.3 Å². The van der Waals surface area contributed by atoms with Crippen molar-refractivity contribution in [3.63, 3.8) is 0 Å². The van der Waals surface area contributed by atoms with Crippen molar-refractivity contribution in [2.45, 2.75) is 19.5 Å². The molecule has 4 rings (SSSR count). The summed E-state index contributed by atoms with van der Waals surface area (Å²) in [5.74, 6) is 0.632. The lowest BCUT2D eigenvalue weighted by Crippen LogP contribution is -2.47. The highest BCUT2D eigenvalue weighted by molar-refractivity contribution is 5.77. The molecule has 29 heavy (non-hydrogen) atoms. The summed E-state index contributed by atoms with van der Waals surface area (Å²) in [6.07, 6.45) is 0. The second-order valence-electron chi connectivity index (χ2n) is 7.43. The highest BCUT2D eigenvalue weighted by Gasteiger charge is 2.24. The molecule has 3 aromatic rings. The Kier molecular flexibility index (Phi) is 5.60. The summed E-state index contributed by atoms with van der Waals surface area (Å²) in [5, 5.41) is 0.611. The fourth-order valence-corrected chi connectivity index (χ4v) is 3.85. The number of ether oxygens (including phenoxy) is 1. The highest BCUT2D eigenvalue weighted by Crippen LogP contribution is 2.22. The molecule has 1 fully saturated rings. The van der Waals surface area contributed by atoms with Crippen LogP contribution in [0.25, 0.3) is 10.9 Å². The molecule has 1 aliphatic rings. The number of rotatable bonds is 5. The van der Waals surface area contributed by atoms with Gasteiger partial charge in [0.1, 0.15) is 5.82 Å². The number of para-hydroxylation sites is 1. The summed E-state index contributed by atoms with van der Waals surface area (Å²) in [4.78, 5) is 24.6. The monoisotopic (exact) mass is 396 g/mol. The second kappa shape index (κ2) is 8.31. The molecule has 1 aromatic heterocycles. The van der Waals surface area contributed by atoms with Gasteiger partial charge >= 0.3 is 0 Å². The van der Waals surface area contributed by atoms with Crippen molar-refractivity contribution in [1.29, 1.82) is 0 Å². The van der Waals surface area contributed by atoms with Gasteiger partial charge in [-0.1, -0.05) is 18.2 Å². The van der Waals surface area contributed by atoms with Gasteiger partial charge in [0, 0.05) is 32.7 Å². The number of nitrogens with zero attached hydrogens (tertiary/aromatic N) is 3. The minimum absolute atomic E-state index is 0.0212. The molecule has 2 aromatic carbocycles. The first-order valence-corrected chi connectivity index (χ1v) is 9.83. The molecule has 0 bridgehead atoms. The van der Waals surface area contributed by atoms with E-state index in [9.17, 15) is 9.18 Å². The van der Waals surface area contributed by atoms with Crippen LogP contribution in [-0.2, 0) is 6.54 Å². The van der Waals surface area contributed by atoms with Gasteiger partial charge in [-0.05, 0) is 36.8 Å². The van der Waals surface area contributed by atoms with Crippen LogP contribution in [0.5, 0.6) is 5.75 Å². The van der Waals surface area contributed by atoms with Gasteiger partial charge in [-0.15, -0.1) is 0 Å². The minimum atomic E-state index is -0.330. The first-order valence-electron chi connectivity index (χ1n) is 9.83. The third-order valence-corrected chi connectivity index (χ3v) is 5.60. The summed E-state index contributed by atoms with van der Waals surface area (Å²) >= 11 is 0. The fourth-order valence-electron chi connectivity index (χ4n) is 3.85. The number of aromatic nitrogens is 2. The summed E-state index contributed by atoms with van der Waals surface area (Å²) < 4.78 is 18.9. The predicted molar refractivity (Wildman–Crippen MR) is 111 cm³/mol. The number of benzene rings is 2. The molecule has 2 heterocycles. The highest BCUT2D eigenvalue weighted by atomic mass is 19.1. The van der Waals surface area contributed by atoms with E-state index in [1.54, 1.807) is 12.1 Å². The average molecular weight is 396 g/mol. The number of hydrogen-bond donors (Lipinski definition) is 1. The van der Waals surface area contributed by atoms with Crippen LogP contribution in [0.2, 0.25) is 0 Å². The molecule has 1 N–H and O–H groups in total. The molecule has 0 saturated carbocycles. The van der Waals surface area contributed by atoms with Crippen molar-refractivity contribution in [3.8, 4) is 5.75 Å². The zero-order valence-corrected chi connectivity index (χ0v) is 16.7. The fraction of sp³-hybridized carbons (Fsp3) is 0.364. The van der Waals surface area contributed by atoms with Crippen molar-refractivity contribution < 1.29 is 9.13 Å². The topological polar surface area (TPSA) is 61.5 Å². The molecule has 6 nitrogen and oxygen atoms in total. The molecule has 1 atom stereocenters. The second-order valence-corrected chi connectivity index (χ2v) is 7.43. The molecule has 0 aliphatic carbocycles. The number of methoxy groups -OCH3 is 1. The molecule has 1 unspecified atom stereocenters. The molecule has 152 valence electrons. The Bertz CT molecular complexity index is 1060. The molecule has 0 amide bonds. The first kappa shape index (κ1) is 19.5. The zero-order chi connectivity index (χ0) is 20.4. The number of nitrogens with one attached hydrogen (secondary N) is 1. The van der Waals surface area contributed by atoms with Crippen LogP contribution in [0.3, 0.4) is 0 Å². The van der Waals surface area contributed by atoms with Crippen LogP contribution in [0, 0.1) is 5.82 Å². The summed E-state index contributed by atoms with van der Waals surface area (Å²) in [6.45, 7) is 6.23. The summed E-state index contributed by atoms with van der Waals surface area (Å²) in [6, 6.07) is 12.5. The third-order valence-electron chi connectivity index (χ3n) is 5.60. The molecule has 0 radical (unpaired) electrons. The lowest BCUT2D eigenvalue weighted by Gasteiger charge is -2.37. The number of piperazine rings is 1. The van der Waals surface area contributed by atoms with E-state index in [0.29, 0.717) is 17.8 Å². The van der Waals surface area contributed by atoms with E-state index in [-0.39, 0.29) is 23.2 Å². The largest absolute Gasteiger partial charge is 0.494 e. The number of H-pyrrole nitrogens is 1. The molecular formula is C22H25FN4O2. The Hall–Kier alpha value is -2.77. The van der Waals surface area contributed by atoms with Gasteiger partial charge in [-0.25, -0.2) is 9.37 Å². The van der Waals surface area contributed by atoms with Crippen LogP contribution in [0.4, 0.5) is 4.39 Å². The van der Waals surface area contributed by atoms with Crippen molar-refractivity contribution in [1.82, 2.24) is 19.8 Å². The zero-order valence-electron chi connectivity index (χ0n) is 16.7. The van der Waals surface area contributed by atoms with Crippen molar-refractivity contribution in [2.75, 3.05) is 33.3 Å². The quantitative estimate of drug-likeness (QED) is 0.719. The molecule has 1 aliphatic heterocycles. The maximum absolute atomic E-state index is 13.9. The SMILES string of the molecule is COc1ccc(CN2CCN(C(C)c3nc4ccccc4c(=O)[nH]3)CC2)cc1F. The Morgan fingerprint density at radius 2 is 1.93 bits per heavy atom. The standard InChI is InChI=1S/C22H25FN4O2/c1-15(21-24-19-6-4-3-5-17(19)22(28)25-21)27-11-9-26(10-12-27)14-16-7-8-20(29-2)18(23)13-16/h3-8,13,15H,9-12,14H2,1-2H3,(H,24,25,28). The number of aromatic amines is 1. The number of hydrogen-bond acceptors (Lipinski definition) is 5. The summed E-state index contributed by atoms with van der Waals surface area (Å²) in [5.41, 5.74) is 1.56. The maximum atomic E-state index is 13.9. The Morgan fingerprint density at radius 1 is 1.17 bits per heavy atom. The van der Waals surface area contributed by atoms with E-state index in [1.165, 1.54) is 13.2 Å². The van der Waals surface area contributed by atoms with Crippen LogP contribution in [-0.4, -0.2) is 53.1 Å². The van der Waals surface area contributed by atoms with Crippen LogP contribution in [0.1, 0.15) is 24.4 Å². The van der Waals surface area contributed by atoms with Gasteiger partial charge in [-0.3, -0.25) is 14.6 Å². The molecular weight excluding hydrogens is 371 g/mol. The third kappa shape index (κ3) is 4.16.